The Bertz CT molecular complexity index is 428. The van der Waals surface area contributed by atoms with E-state index in [1.807, 2.05) is 0 Å². The van der Waals surface area contributed by atoms with Crippen molar-refractivity contribution in [2.24, 2.45) is 5.73 Å². The lowest BCUT2D eigenvalue weighted by Gasteiger charge is -2.27. The number of benzene rings is 1. The Balaban J connectivity index is 2.00. The summed E-state index contributed by atoms with van der Waals surface area (Å²) in [6.07, 6.45) is 3.43. The van der Waals surface area contributed by atoms with Crippen molar-refractivity contribution in [3.63, 3.8) is 0 Å². The summed E-state index contributed by atoms with van der Waals surface area (Å²) in [5.74, 6) is 1.09. The molecule has 3 heteroatoms. The van der Waals surface area contributed by atoms with Gasteiger partial charge < -0.3 is 15.4 Å². The predicted molar refractivity (Wildman–Crippen MR) is 69.8 cm³/mol. The van der Waals surface area contributed by atoms with Gasteiger partial charge in [-0.3, -0.25) is 0 Å². The highest BCUT2D eigenvalue weighted by Gasteiger charge is 2.26. The maximum absolute atomic E-state index is 5.93. The minimum absolute atomic E-state index is 0.223. The third-order valence-corrected chi connectivity index (χ3v) is 3.63. The Hall–Kier alpha value is -1.22. The summed E-state index contributed by atoms with van der Waals surface area (Å²) in [5.41, 5.74) is 10.2. The average molecular weight is 232 g/mol. The predicted octanol–water partition coefficient (Wildman–Crippen LogP) is 1.72. The van der Waals surface area contributed by atoms with Gasteiger partial charge in [-0.2, -0.15) is 0 Å². The Labute approximate surface area is 103 Å². The summed E-state index contributed by atoms with van der Waals surface area (Å²) in [4.78, 5) is 2.44. The van der Waals surface area contributed by atoms with E-state index in [-0.39, 0.29) is 6.04 Å². The van der Waals surface area contributed by atoms with E-state index >= 15 is 0 Å². The first-order valence-electron chi connectivity index (χ1n) is 6.54. The molecule has 3 nitrogen and oxygen atoms in total. The van der Waals surface area contributed by atoms with Gasteiger partial charge in [-0.25, -0.2) is 0 Å². The summed E-state index contributed by atoms with van der Waals surface area (Å²) in [7, 11) is 0. The van der Waals surface area contributed by atoms with E-state index in [0.29, 0.717) is 0 Å². The number of hydrogen-bond donors (Lipinski definition) is 1. The van der Waals surface area contributed by atoms with Crippen LogP contribution < -0.4 is 15.4 Å². The number of hydrogen-bond acceptors (Lipinski definition) is 3. The van der Waals surface area contributed by atoms with Gasteiger partial charge in [0, 0.05) is 30.4 Å². The largest absolute Gasteiger partial charge is 0.493 e. The van der Waals surface area contributed by atoms with Crippen LogP contribution in [0.4, 0.5) is 5.69 Å². The first kappa shape index (κ1) is 10.9. The topological polar surface area (TPSA) is 38.5 Å². The summed E-state index contributed by atoms with van der Waals surface area (Å²) >= 11 is 0. The van der Waals surface area contributed by atoms with Gasteiger partial charge in [0.1, 0.15) is 5.75 Å². The molecular weight excluding hydrogens is 212 g/mol. The molecule has 1 aromatic rings. The molecule has 0 saturated carbocycles. The van der Waals surface area contributed by atoms with Crippen LogP contribution in [-0.2, 0) is 12.8 Å². The van der Waals surface area contributed by atoms with Crippen LogP contribution in [0.15, 0.2) is 12.1 Å². The fraction of sp³-hybridized carbons (Fsp3) is 0.571. The molecule has 0 aliphatic carbocycles. The molecule has 2 aliphatic heterocycles. The zero-order chi connectivity index (χ0) is 11.8. The lowest BCUT2D eigenvalue weighted by atomic mass is 10.0. The minimum atomic E-state index is 0.223. The average Bonchev–Trinajstić information content (AvgIpc) is 2.72. The molecule has 92 valence electrons. The molecule has 1 atom stereocenters. The number of rotatable bonds is 2. The first-order chi connectivity index (χ1) is 8.25. The second-order valence-electron chi connectivity index (χ2n) is 5.18. The van der Waals surface area contributed by atoms with Crippen LogP contribution in [0, 0.1) is 0 Å². The van der Waals surface area contributed by atoms with Crippen molar-refractivity contribution in [2.45, 2.75) is 32.2 Å². The second-order valence-corrected chi connectivity index (χ2v) is 5.18. The standard InChI is InChI=1S/C14H20N2O/c1-10(15)9-16-7-6-11-4-5-13-12(14(11)16)3-2-8-17-13/h4-5,10H,2-3,6-9,15H2,1H3/t10-/m0/s1. The number of anilines is 1. The van der Waals surface area contributed by atoms with Crippen LogP contribution in [0.3, 0.4) is 0 Å². The lowest BCUT2D eigenvalue weighted by molar-refractivity contribution is 0.288. The van der Waals surface area contributed by atoms with Gasteiger partial charge >= 0.3 is 0 Å². The number of fused-ring (bicyclic) bond motifs is 3. The molecule has 0 amide bonds. The molecule has 0 radical (unpaired) electrons. The van der Waals surface area contributed by atoms with Gasteiger partial charge in [0.2, 0.25) is 0 Å². The Morgan fingerprint density at radius 3 is 3.12 bits per heavy atom. The smallest absolute Gasteiger partial charge is 0.124 e. The van der Waals surface area contributed by atoms with Crippen LogP contribution in [0.25, 0.3) is 0 Å². The molecule has 0 aromatic heterocycles. The van der Waals surface area contributed by atoms with E-state index in [1.54, 1.807) is 0 Å². The fourth-order valence-electron chi connectivity index (χ4n) is 2.97. The Morgan fingerprint density at radius 1 is 1.41 bits per heavy atom. The third kappa shape index (κ3) is 1.89. The van der Waals surface area contributed by atoms with E-state index in [2.05, 4.69) is 24.0 Å². The zero-order valence-electron chi connectivity index (χ0n) is 10.4. The highest BCUT2D eigenvalue weighted by molar-refractivity contribution is 5.68. The zero-order valence-corrected chi connectivity index (χ0v) is 10.4. The van der Waals surface area contributed by atoms with E-state index < -0.39 is 0 Å². The van der Waals surface area contributed by atoms with Crippen LogP contribution in [0.5, 0.6) is 5.75 Å². The van der Waals surface area contributed by atoms with Gasteiger partial charge in [0.25, 0.3) is 0 Å². The third-order valence-electron chi connectivity index (χ3n) is 3.63. The highest BCUT2D eigenvalue weighted by Crippen LogP contribution is 2.39. The molecule has 0 spiro atoms. The van der Waals surface area contributed by atoms with Crippen molar-refractivity contribution in [1.29, 1.82) is 0 Å². The molecular formula is C14H20N2O. The summed E-state index contributed by atoms with van der Waals surface area (Å²) in [6.45, 7) is 4.99. The second kappa shape index (κ2) is 4.22. The van der Waals surface area contributed by atoms with E-state index in [9.17, 15) is 0 Å². The normalized spacial score (nSPS) is 19.5. The van der Waals surface area contributed by atoms with Crippen molar-refractivity contribution in [1.82, 2.24) is 0 Å². The molecule has 0 fully saturated rings. The van der Waals surface area contributed by atoms with Crippen molar-refractivity contribution in [2.75, 3.05) is 24.6 Å². The van der Waals surface area contributed by atoms with Crippen molar-refractivity contribution in [3.8, 4) is 5.75 Å². The van der Waals surface area contributed by atoms with Gasteiger partial charge in [0.05, 0.1) is 6.61 Å². The molecule has 0 saturated heterocycles. The maximum atomic E-state index is 5.93. The number of nitrogens with zero attached hydrogens (tertiary/aromatic N) is 1. The van der Waals surface area contributed by atoms with E-state index in [1.165, 1.54) is 16.8 Å². The minimum Gasteiger partial charge on any atom is -0.493 e. The lowest BCUT2D eigenvalue weighted by Crippen LogP contribution is -2.35. The molecule has 3 rings (SSSR count). The van der Waals surface area contributed by atoms with Gasteiger partial charge in [-0.1, -0.05) is 6.07 Å². The summed E-state index contributed by atoms with van der Waals surface area (Å²) in [6, 6.07) is 4.59. The SMILES string of the molecule is C[C@H](N)CN1CCc2ccc3c(c21)CCCO3. The van der Waals surface area contributed by atoms with Crippen molar-refractivity contribution < 1.29 is 4.74 Å². The van der Waals surface area contributed by atoms with E-state index in [0.717, 1.165) is 44.7 Å². The van der Waals surface area contributed by atoms with E-state index in [4.69, 9.17) is 10.5 Å². The van der Waals surface area contributed by atoms with Crippen molar-refractivity contribution in [3.05, 3.63) is 23.3 Å². The first-order valence-corrected chi connectivity index (χ1v) is 6.54. The fourth-order valence-corrected chi connectivity index (χ4v) is 2.97. The Morgan fingerprint density at radius 2 is 2.29 bits per heavy atom. The van der Waals surface area contributed by atoms with Gasteiger partial charge in [-0.05, 0) is 37.8 Å². The van der Waals surface area contributed by atoms with Crippen molar-refractivity contribution >= 4 is 5.69 Å². The highest BCUT2D eigenvalue weighted by atomic mass is 16.5. The van der Waals surface area contributed by atoms with Crippen LogP contribution in [-0.4, -0.2) is 25.7 Å². The molecule has 1 aromatic carbocycles. The molecule has 2 aliphatic rings. The summed E-state index contributed by atoms with van der Waals surface area (Å²) in [5, 5.41) is 0. The molecule has 0 unspecified atom stereocenters. The monoisotopic (exact) mass is 232 g/mol. The molecule has 0 bridgehead atoms. The van der Waals surface area contributed by atoms with Gasteiger partial charge in [0.15, 0.2) is 0 Å². The number of ether oxygens (including phenoxy) is 1. The number of nitrogens with two attached hydrogens (primary N) is 1. The van der Waals surface area contributed by atoms with Gasteiger partial charge in [-0.15, -0.1) is 0 Å². The molecule has 17 heavy (non-hydrogen) atoms. The maximum Gasteiger partial charge on any atom is 0.124 e. The molecule has 2 N–H and O–H groups in total. The quantitative estimate of drug-likeness (QED) is 0.844. The summed E-state index contributed by atoms with van der Waals surface area (Å²) < 4.78 is 5.74. The van der Waals surface area contributed by atoms with Crippen LogP contribution in [0.1, 0.15) is 24.5 Å². The van der Waals surface area contributed by atoms with Crippen LogP contribution in [0.2, 0.25) is 0 Å². The molecule has 2 heterocycles. The Kier molecular flexibility index (Phi) is 2.71. The van der Waals surface area contributed by atoms with Crippen LogP contribution >= 0.6 is 0 Å².